The maximum Gasteiger partial charge on any atom is 0.232 e. The molecule has 1 unspecified atom stereocenters. The van der Waals surface area contributed by atoms with Crippen LogP contribution in [-0.2, 0) is 11.2 Å². The van der Waals surface area contributed by atoms with Gasteiger partial charge in [-0.2, -0.15) is 4.98 Å². The summed E-state index contributed by atoms with van der Waals surface area (Å²) in [4.78, 5) is 19.7. The molecule has 1 aromatic heterocycles. The number of thioether (sulfide) groups is 1. The van der Waals surface area contributed by atoms with Crippen molar-refractivity contribution >= 4 is 23.4 Å². The summed E-state index contributed by atoms with van der Waals surface area (Å²) in [6.45, 7) is 2.68. The van der Waals surface area contributed by atoms with Crippen molar-refractivity contribution in [1.82, 2.24) is 10.1 Å². The van der Waals surface area contributed by atoms with E-state index >= 15 is 0 Å². The highest BCUT2D eigenvalue weighted by Gasteiger charge is 2.35. The van der Waals surface area contributed by atoms with Crippen molar-refractivity contribution in [1.29, 1.82) is 0 Å². The molecule has 22 heavy (non-hydrogen) atoms. The summed E-state index contributed by atoms with van der Waals surface area (Å²) in [5.41, 5.74) is 0.938. The maximum atomic E-state index is 12.3. The number of hydrogen-bond acceptors (Lipinski definition) is 5. The van der Waals surface area contributed by atoms with Crippen molar-refractivity contribution in [3.05, 3.63) is 36.0 Å². The number of benzene rings is 1. The number of carbonyl (C=O) groups is 1. The van der Waals surface area contributed by atoms with Crippen LogP contribution in [0.2, 0.25) is 0 Å². The first-order chi connectivity index (χ1) is 10.7. The van der Waals surface area contributed by atoms with Gasteiger partial charge >= 0.3 is 0 Å². The first-order valence-corrected chi connectivity index (χ1v) is 8.70. The van der Waals surface area contributed by atoms with E-state index in [2.05, 4.69) is 17.1 Å². The lowest BCUT2D eigenvalue weighted by atomic mass is 10.1. The van der Waals surface area contributed by atoms with Crippen LogP contribution in [0.1, 0.15) is 37.4 Å². The Kier molecular flexibility index (Phi) is 4.47. The predicted octanol–water partition coefficient (Wildman–Crippen LogP) is 3.26. The third-order valence-corrected chi connectivity index (χ3v) is 4.52. The number of aromatic nitrogens is 2. The van der Waals surface area contributed by atoms with Crippen molar-refractivity contribution in [2.24, 2.45) is 0 Å². The molecule has 2 heterocycles. The molecule has 2 aromatic rings. The van der Waals surface area contributed by atoms with Gasteiger partial charge in [0, 0.05) is 30.0 Å². The molecule has 0 aliphatic carbocycles. The van der Waals surface area contributed by atoms with E-state index in [0.717, 1.165) is 29.2 Å². The van der Waals surface area contributed by atoms with Gasteiger partial charge in [0.1, 0.15) is 0 Å². The lowest BCUT2D eigenvalue weighted by Crippen LogP contribution is -2.24. The second-order valence-electron chi connectivity index (χ2n) is 5.41. The minimum Gasteiger partial charge on any atom is -0.339 e. The number of carbonyl (C=O) groups excluding carboxylic acids is 1. The van der Waals surface area contributed by atoms with E-state index in [1.165, 1.54) is 0 Å². The number of aryl methyl sites for hydroxylation is 1. The van der Waals surface area contributed by atoms with Crippen LogP contribution in [0, 0.1) is 0 Å². The Balaban J connectivity index is 1.77. The molecular formula is C16H19N3O2S. The van der Waals surface area contributed by atoms with Crippen LogP contribution < -0.4 is 4.90 Å². The van der Waals surface area contributed by atoms with Crippen LogP contribution >= 0.6 is 11.8 Å². The van der Waals surface area contributed by atoms with Crippen LogP contribution in [0.5, 0.6) is 0 Å². The summed E-state index contributed by atoms with van der Waals surface area (Å²) in [7, 11) is 0. The zero-order valence-corrected chi connectivity index (χ0v) is 13.6. The first kappa shape index (κ1) is 15.1. The minimum atomic E-state index is -0.0106. The zero-order chi connectivity index (χ0) is 15.5. The topological polar surface area (TPSA) is 59.2 Å². The normalized spacial score (nSPS) is 18.2. The molecule has 116 valence electrons. The van der Waals surface area contributed by atoms with Crippen molar-refractivity contribution < 1.29 is 9.32 Å². The number of hydrogen-bond donors (Lipinski definition) is 0. The lowest BCUT2D eigenvalue weighted by molar-refractivity contribution is -0.117. The minimum absolute atomic E-state index is 0.0106. The summed E-state index contributed by atoms with van der Waals surface area (Å²) in [5.74, 6) is 1.41. The van der Waals surface area contributed by atoms with Crippen LogP contribution in [0.25, 0.3) is 0 Å². The van der Waals surface area contributed by atoms with Gasteiger partial charge in [-0.05, 0) is 30.9 Å². The molecule has 0 saturated carbocycles. The van der Waals surface area contributed by atoms with Gasteiger partial charge in [0.05, 0.1) is 5.92 Å². The molecule has 0 bridgehead atoms. The average molecular weight is 317 g/mol. The van der Waals surface area contributed by atoms with Gasteiger partial charge in [-0.25, -0.2) is 0 Å². The lowest BCUT2D eigenvalue weighted by Gasteiger charge is -2.16. The van der Waals surface area contributed by atoms with Gasteiger partial charge in [-0.15, -0.1) is 11.8 Å². The summed E-state index contributed by atoms with van der Waals surface area (Å²) in [5, 5.41) is 3.98. The average Bonchev–Trinajstić information content (AvgIpc) is 3.14. The Morgan fingerprint density at radius 3 is 3.09 bits per heavy atom. The number of nitrogens with zero attached hydrogens (tertiary/aromatic N) is 3. The van der Waals surface area contributed by atoms with Crippen LogP contribution in [0.3, 0.4) is 0 Å². The molecule has 6 heteroatoms. The van der Waals surface area contributed by atoms with Gasteiger partial charge in [0.25, 0.3) is 0 Å². The molecule has 1 atom stereocenters. The number of rotatable bonds is 5. The molecule has 1 aliphatic heterocycles. The largest absolute Gasteiger partial charge is 0.339 e. The van der Waals surface area contributed by atoms with Gasteiger partial charge < -0.3 is 9.42 Å². The number of anilines is 1. The molecule has 0 radical (unpaired) electrons. The van der Waals surface area contributed by atoms with Crippen LogP contribution in [0.4, 0.5) is 5.69 Å². The van der Waals surface area contributed by atoms with Crippen molar-refractivity contribution in [2.45, 2.75) is 37.0 Å². The Hall–Kier alpha value is -1.82. The molecule has 3 rings (SSSR count). The Morgan fingerprint density at radius 2 is 2.32 bits per heavy atom. The summed E-state index contributed by atoms with van der Waals surface area (Å²) >= 11 is 1.67. The number of amides is 1. The molecule has 1 fully saturated rings. The standard InChI is InChI=1S/C16H19N3O2S/c1-3-5-14-17-16(21-18-14)11-8-15(20)19(10-11)12-6-4-7-13(9-12)22-2/h4,6-7,9,11H,3,5,8,10H2,1-2H3. The summed E-state index contributed by atoms with van der Waals surface area (Å²) in [6.07, 6.45) is 4.25. The summed E-state index contributed by atoms with van der Waals surface area (Å²) < 4.78 is 5.33. The van der Waals surface area contributed by atoms with Crippen LogP contribution in [-0.4, -0.2) is 28.8 Å². The summed E-state index contributed by atoms with van der Waals surface area (Å²) in [6, 6.07) is 8.03. The van der Waals surface area contributed by atoms with Crippen molar-refractivity contribution in [2.75, 3.05) is 17.7 Å². The fourth-order valence-electron chi connectivity index (χ4n) is 2.66. The molecule has 0 spiro atoms. The third kappa shape index (κ3) is 3.02. The molecule has 5 nitrogen and oxygen atoms in total. The molecule has 1 saturated heterocycles. The van der Waals surface area contributed by atoms with E-state index < -0.39 is 0 Å². The van der Waals surface area contributed by atoms with E-state index in [1.54, 1.807) is 11.8 Å². The van der Waals surface area contributed by atoms with Crippen LogP contribution in [0.15, 0.2) is 33.7 Å². The Labute approximate surface area is 134 Å². The van der Waals surface area contributed by atoms with Crippen molar-refractivity contribution in [3.8, 4) is 0 Å². The van der Waals surface area contributed by atoms with E-state index in [4.69, 9.17) is 4.52 Å². The molecule has 1 aromatic carbocycles. The Bertz CT molecular complexity index is 671. The van der Waals surface area contributed by atoms with Gasteiger partial charge in [-0.1, -0.05) is 18.1 Å². The molecule has 0 N–H and O–H groups in total. The van der Waals surface area contributed by atoms with E-state index in [0.29, 0.717) is 18.9 Å². The van der Waals surface area contributed by atoms with Gasteiger partial charge in [0.2, 0.25) is 11.8 Å². The second-order valence-corrected chi connectivity index (χ2v) is 6.29. The zero-order valence-electron chi connectivity index (χ0n) is 12.8. The molecule has 1 amide bonds. The first-order valence-electron chi connectivity index (χ1n) is 7.48. The predicted molar refractivity (Wildman–Crippen MR) is 86.2 cm³/mol. The van der Waals surface area contributed by atoms with E-state index in [9.17, 15) is 4.79 Å². The second kappa shape index (κ2) is 6.52. The monoisotopic (exact) mass is 317 g/mol. The van der Waals surface area contributed by atoms with E-state index in [-0.39, 0.29) is 11.8 Å². The van der Waals surface area contributed by atoms with Gasteiger partial charge in [0.15, 0.2) is 5.82 Å². The molecular weight excluding hydrogens is 298 g/mol. The van der Waals surface area contributed by atoms with Gasteiger partial charge in [-0.3, -0.25) is 4.79 Å². The molecule has 1 aliphatic rings. The highest BCUT2D eigenvalue weighted by Crippen LogP contribution is 2.32. The fraction of sp³-hybridized carbons (Fsp3) is 0.438. The van der Waals surface area contributed by atoms with E-state index in [1.807, 2.05) is 35.4 Å². The smallest absolute Gasteiger partial charge is 0.232 e. The quantitative estimate of drug-likeness (QED) is 0.792. The third-order valence-electron chi connectivity index (χ3n) is 3.80. The highest BCUT2D eigenvalue weighted by molar-refractivity contribution is 7.98. The fourth-order valence-corrected chi connectivity index (χ4v) is 3.11. The highest BCUT2D eigenvalue weighted by atomic mass is 32.2. The maximum absolute atomic E-state index is 12.3. The Morgan fingerprint density at radius 1 is 1.45 bits per heavy atom. The van der Waals surface area contributed by atoms with Crippen molar-refractivity contribution in [3.63, 3.8) is 0 Å². The SMILES string of the molecule is CCCc1noc(C2CC(=O)N(c3cccc(SC)c3)C2)n1.